The van der Waals surface area contributed by atoms with Gasteiger partial charge in [-0.1, -0.05) is 258 Å². The van der Waals surface area contributed by atoms with Gasteiger partial charge in [-0.3, -0.25) is 14.4 Å². The Labute approximate surface area is 386 Å². The molecular weight excluding hydrogens is 769 g/mol. The van der Waals surface area contributed by atoms with Gasteiger partial charge in [0.25, 0.3) is 0 Å². The summed E-state index contributed by atoms with van der Waals surface area (Å²) in [6.07, 6.45) is 58.0. The monoisotopic (exact) mass is 875 g/mol. The SMILES string of the molecule is CCCCCCCC/C=C\CCCCCCCC(=O)OC(COC(=O)CCCCCCCCC)COC(=O)CCCCCCCCCCCCCCCCCCCCCCCC. The molecule has 0 heterocycles. The highest BCUT2D eigenvalue weighted by Gasteiger charge is 2.19. The molecule has 6 nitrogen and oxygen atoms in total. The van der Waals surface area contributed by atoms with Crippen molar-refractivity contribution in [2.24, 2.45) is 0 Å². The minimum atomic E-state index is -0.767. The number of allylic oxidation sites excluding steroid dienone is 2. The fraction of sp³-hybridized carbons (Fsp3) is 0.911. The van der Waals surface area contributed by atoms with Crippen LogP contribution in [0, 0.1) is 0 Å². The Morgan fingerprint density at radius 1 is 0.306 bits per heavy atom. The van der Waals surface area contributed by atoms with Gasteiger partial charge in [0.2, 0.25) is 0 Å². The van der Waals surface area contributed by atoms with Crippen molar-refractivity contribution in [1.82, 2.24) is 0 Å². The van der Waals surface area contributed by atoms with Gasteiger partial charge in [-0.2, -0.15) is 0 Å². The summed E-state index contributed by atoms with van der Waals surface area (Å²) in [5, 5.41) is 0. The summed E-state index contributed by atoms with van der Waals surface area (Å²) < 4.78 is 16.8. The van der Waals surface area contributed by atoms with Crippen LogP contribution in [0.3, 0.4) is 0 Å². The molecule has 0 bridgehead atoms. The molecule has 0 saturated heterocycles. The first-order valence-corrected chi connectivity index (χ1v) is 27.7. The number of carbonyl (C=O) groups is 3. The summed E-state index contributed by atoms with van der Waals surface area (Å²) in [6.45, 7) is 6.63. The van der Waals surface area contributed by atoms with E-state index in [1.165, 1.54) is 205 Å². The van der Waals surface area contributed by atoms with Gasteiger partial charge in [-0.15, -0.1) is 0 Å². The predicted molar refractivity (Wildman–Crippen MR) is 266 cm³/mol. The Kier molecular flexibility index (Phi) is 50.2. The van der Waals surface area contributed by atoms with Crippen LogP contribution >= 0.6 is 0 Å². The van der Waals surface area contributed by atoms with Crippen LogP contribution in [-0.2, 0) is 28.6 Å². The molecule has 0 aromatic carbocycles. The molecule has 0 aromatic heterocycles. The van der Waals surface area contributed by atoms with Crippen LogP contribution in [0.2, 0.25) is 0 Å². The summed E-state index contributed by atoms with van der Waals surface area (Å²) in [5.74, 6) is -0.865. The van der Waals surface area contributed by atoms with E-state index in [1.54, 1.807) is 0 Å². The lowest BCUT2D eigenvalue weighted by molar-refractivity contribution is -0.167. The second kappa shape index (κ2) is 51.8. The van der Waals surface area contributed by atoms with Gasteiger partial charge < -0.3 is 14.2 Å². The number of hydrogen-bond donors (Lipinski definition) is 0. The van der Waals surface area contributed by atoms with Crippen LogP contribution in [0.25, 0.3) is 0 Å². The van der Waals surface area contributed by atoms with Crippen molar-refractivity contribution in [3.8, 4) is 0 Å². The lowest BCUT2D eigenvalue weighted by atomic mass is 10.0. The van der Waals surface area contributed by atoms with E-state index in [9.17, 15) is 14.4 Å². The Morgan fingerprint density at radius 3 is 0.806 bits per heavy atom. The highest BCUT2D eigenvalue weighted by molar-refractivity contribution is 5.71. The van der Waals surface area contributed by atoms with E-state index in [-0.39, 0.29) is 31.1 Å². The number of esters is 3. The molecule has 62 heavy (non-hydrogen) atoms. The van der Waals surface area contributed by atoms with E-state index in [4.69, 9.17) is 14.2 Å². The average molecular weight is 875 g/mol. The molecule has 0 N–H and O–H groups in total. The molecule has 0 aliphatic carbocycles. The first-order valence-electron chi connectivity index (χ1n) is 27.7. The molecular formula is C56H106O6. The minimum absolute atomic E-state index is 0.0685. The van der Waals surface area contributed by atoms with Gasteiger partial charge in [0, 0.05) is 19.3 Å². The van der Waals surface area contributed by atoms with E-state index >= 15 is 0 Å². The quantitative estimate of drug-likeness (QED) is 0.0262. The third-order valence-electron chi connectivity index (χ3n) is 12.5. The van der Waals surface area contributed by atoms with E-state index in [0.717, 1.165) is 64.2 Å². The number of unbranched alkanes of at least 4 members (excludes halogenated alkanes) is 38. The molecule has 0 fully saturated rings. The maximum absolute atomic E-state index is 12.8. The van der Waals surface area contributed by atoms with Crippen molar-refractivity contribution in [2.45, 2.75) is 316 Å². The third kappa shape index (κ3) is 49.2. The van der Waals surface area contributed by atoms with Crippen LogP contribution < -0.4 is 0 Å². The third-order valence-corrected chi connectivity index (χ3v) is 12.5. The zero-order chi connectivity index (χ0) is 45.1. The van der Waals surface area contributed by atoms with Crippen molar-refractivity contribution in [3.05, 3.63) is 12.2 Å². The zero-order valence-electron chi connectivity index (χ0n) is 41.9. The second-order valence-electron chi connectivity index (χ2n) is 18.9. The average Bonchev–Trinajstić information content (AvgIpc) is 3.27. The molecule has 0 saturated carbocycles. The van der Waals surface area contributed by atoms with Gasteiger partial charge in [0.1, 0.15) is 13.2 Å². The van der Waals surface area contributed by atoms with Gasteiger partial charge in [0.05, 0.1) is 0 Å². The summed E-state index contributed by atoms with van der Waals surface area (Å²) in [4.78, 5) is 37.8. The fourth-order valence-corrected chi connectivity index (χ4v) is 8.32. The van der Waals surface area contributed by atoms with Gasteiger partial charge in [-0.05, 0) is 44.9 Å². The smallest absolute Gasteiger partial charge is 0.306 e. The van der Waals surface area contributed by atoms with Crippen molar-refractivity contribution in [3.63, 3.8) is 0 Å². The molecule has 0 aromatic rings. The molecule has 0 rings (SSSR count). The Hall–Kier alpha value is -1.85. The number of rotatable bonds is 51. The van der Waals surface area contributed by atoms with Crippen LogP contribution in [0.4, 0.5) is 0 Å². The van der Waals surface area contributed by atoms with E-state index in [1.807, 2.05) is 0 Å². The van der Waals surface area contributed by atoms with E-state index < -0.39 is 6.10 Å². The molecule has 1 atom stereocenters. The van der Waals surface area contributed by atoms with E-state index in [2.05, 4.69) is 32.9 Å². The predicted octanol–water partition coefficient (Wildman–Crippen LogP) is 18.2. The molecule has 6 heteroatoms. The van der Waals surface area contributed by atoms with Gasteiger partial charge in [-0.25, -0.2) is 0 Å². The first kappa shape index (κ1) is 60.2. The molecule has 1 unspecified atom stereocenters. The summed E-state index contributed by atoms with van der Waals surface area (Å²) in [5.41, 5.74) is 0. The van der Waals surface area contributed by atoms with Crippen molar-refractivity contribution >= 4 is 17.9 Å². The summed E-state index contributed by atoms with van der Waals surface area (Å²) in [6, 6.07) is 0. The summed E-state index contributed by atoms with van der Waals surface area (Å²) in [7, 11) is 0. The van der Waals surface area contributed by atoms with Crippen molar-refractivity contribution < 1.29 is 28.6 Å². The Bertz CT molecular complexity index is 962. The molecule has 366 valence electrons. The maximum Gasteiger partial charge on any atom is 0.306 e. The van der Waals surface area contributed by atoms with Crippen LogP contribution in [0.1, 0.15) is 310 Å². The first-order chi connectivity index (χ1) is 30.5. The normalized spacial score (nSPS) is 12.0. The lowest BCUT2D eigenvalue weighted by Crippen LogP contribution is -2.30. The lowest BCUT2D eigenvalue weighted by Gasteiger charge is -2.18. The molecule has 0 spiro atoms. The largest absolute Gasteiger partial charge is 0.462 e. The number of ether oxygens (including phenoxy) is 3. The Morgan fingerprint density at radius 2 is 0.532 bits per heavy atom. The van der Waals surface area contributed by atoms with Crippen LogP contribution in [-0.4, -0.2) is 37.2 Å². The topological polar surface area (TPSA) is 78.9 Å². The van der Waals surface area contributed by atoms with Crippen molar-refractivity contribution in [2.75, 3.05) is 13.2 Å². The van der Waals surface area contributed by atoms with E-state index in [0.29, 0.717) is 19.3 Å². The summed E-state index contributed by atoms with van der Waals surface area (Å²) >= 11 is 0. The second-order valence-corrected chi connectivity index (χ2v) is 18.9. The highest BCUT2D eigenvalue weighted by Crippen LogP contribution is 2.17. The fourth-order valence-electron chi connectivity index (χ4n) is 8.32. The van der Waals surface area contributed by atoms with Crippen molar-refractivity contribution in [1.29, 1.82) is 0 Å². The molecule has 0 aliphatic rings. The highest BCUT2D eigenvalue weighted by atomic mass is 16.6. The van der Waals surface area contributed by atoms with Crippen LogP contribution in [0.15, 0.2) is 12.2 Å². The zero-order valence-corrected chi connectivity index (χ0v) is 41.9. The number of carbonyl (C=O) groups excluding carboxylic acids is 3. The Balaban J connectivity index is 4.13. The van der Waals surface area contributed by atoms with Crippen LogP contribution in [0.5, 0.6) is 0 Å². The molecule has 0 amide bonds. The molecule has 0 radical (unpaired) electrons. The number of hydrogen-bond acceptors (Lipinski definition) is 6. The standard InChI is InChI=1S/C56H106O6/c1-4-7-10-13-16-18-20-22-24-25-26-27-28-29-30-32-33-35-37-40-43-46-49-55(58)61-52-53(51-60-54(57)48-45-42-39-15-12-9-6-3)62-56(59)50-47-44-41-38-36-34-31-23-21-19-17-14-11-8-5-2/h23,31,53H,4-22,24-30,32-52H2,1-3H3/b31-23-. The van der Waals surface area contributed by atoms with Gasteiger partial charge >= 0.3 is 17.9 Å². The van der Waals surface area contributed by atoms with Gasteiger partial charge in [0.15, 0.2) is 6.10 Å². The minimum Gasteiger partial charge on any atom is -0.462 e. The maximum atomic E-state index is 12.8. The molecule has 0 aliphatic heterocycles.